The summed E-state index contributed by atoms with van der Waals surface area (Å²) in [6.07, 6.45) is 8.46. The maximum absolute atomic E-state index is 15.0. The highest BCUT2D eigenvalue weighted by Crippen LogP contribution is 2.35. The Morgan fingerprint density at radius 3 is 2.00 bits per heavy atom. The number of benzene rings is 3. The lowest BCUT2D eigenvalue weighted by molar-refractivity contribution is -0.0216. The van der Waals surface area contributed by atoms with Gasteiger partial charge in [0.15, 0.2) is 23.3 Å². The predicted molar refractivity (Wildman–Crippen MR) is 138 cm³/mol. The Morgan fingerprint density at radius 2 is 1.41 bits per heavy atom. The molecule has 0 amide bonds. The summed E-state index contributed by atoms with van der Waals surface area (Å²) in [4.78, 5) is 0. The minimum Gasteiger partial charge on any atom is -0.378 e. The zero-order chi connectivity index (χ0) is 26.5. The number of halogens is 5. The number of hydrogen-bond donors (Lipinski definition) is 0. The van der Waals surface area contributed by atoms with Crippen molar-refractivity contribution in [3.8, 4) is 22.3 Å². The van der Waals surface area contributed by atoms with E-state index in [4.69, 9.17) is 4.74 Å². The topological polar surface area (TPSA) is 9.23 Å². The molecule has 1 nitrogen and oxygen atoms in total. The van der Waals surface area contributed by atoms with Crippen LogP contribution in [0.25, 0.3) is 28.3 Å². The van der Waals surface area contributed by atoms with Crippen LogP contribution in [-0.4, -0.2) is 12.7 Å². The standard InChI is InChI=1S/C31H31F5O/c1-3-5-19-8-13-23(27(32)17-19)24-15-16-26(31(36)30(24)35)25-14-10-21(28(33)29(25)34)9-12-22-11-7-20(6-4-2)18-37-22/h3,5,8,10,13-17,20,22H,4,6-7,9,11-12,18H2,1-2H3. The van der Waals surface area contributed by atoms with E-state index >= 15 is 8.78 Å². The fraction of sp³-hybridized carbons (Fsp3) is 0.355. The van der Waals surface area contributed by atoms with E-state index in [-0.39, 0.29) is 34.8 Å². The van der Waals surface area contributed by atoms with Crippen LogP contribution < -0.4 is 0 Å². The molecular weight excluding hydrogens is 483 g/mol. The Labute approximate surface area is 215 Å². The van der Waals surface area contributed by atoms with Crippen LogP contribution in [0.3, 0.4) is 0 Å². The smallest absolute Gasteiger partial charge is 0.167 e. The molecule has 1 fully saturated rings. The van der Waals surface area contributed by atoms with Crippen molar-refractivity contribution in [3.05, 3.63) is 88.8 Å². The van der Waals surface area contributed by atoms with Crippen LogP contribution in [0.1, 0.15) is 57.1 Å². The van der Waals surface area contributed by atoms with Crippen LogP contribution >= 0.6 is 0 Å². The first kappa shape index (κ1) is 27.1. The summed E-state index contributed by atoms with van der Waals surface area (Å²) >= 11 is 0. The molecule has 1 aliphatic rings. The van der Waals surface area contributed by atoms with E-state index < -0.39 is 34.6 Å². The number of hydrogen-bond acceptors (Lipinski definition) is 1. The molecule has 0 aliphatic carbocycles. The van der Waals surface area contributed by atoms with E-state index in [2.05, 4.69) is 6.92 Å². The van der Waals surface area contributed by atoms with Gasteiger partial charge in [0.1, 0.15) is 5.82 Å². The van der Waals surface area contributed by atoms with Crippen molar-refractivity contribution in [3.63, 3.8) is 0 Å². The molecule has 3 aromatic carbocycles. The summed E-state index contributed by atoms with van der Waals surface area (Å²) in [5.41, 5.74) is -0.478. The molecule has 0 bridgehead atoms. The van der Waals surface area contributed by atoms with Crippen LogP contribution in [0.4, 0.5) is 22.0 Å². The highest BCUT2D eigenvalue weighted by Gasteiger charge is 2.24. The van der Waals surface area contributed by atoms with Gasteiger partial charge in [0.25, 0.3) is 0 Å². The van der Waals surface area contributed by atoms with Crippen molar-refractivity contribution in [2.24, 2.45) is 5.92 Å². The molecule has 0 radical (unpaired) electrons. The average molecular weight is 515 g/mol. The summed E-state index contributed by atoms with van der Waals surface area (Å²) in [5.74, 6) is -5.16. The Morgan fingerprint density at radius 1 is 0.784 bits per heavy atom. The fourth-order valence-corrected chi connectivity index (χ4v) is 5.04. The summed E-state index contributed by atoms with van der Waals surface area (Å²) in [5, 5.41) is 0. The van der Waals surface area contributed by atoms with E-state index in [9.17, 15) is 13.2 Å². The molecule has 37 heavy (non-hydrogen) atoms. The van der Waals surface area contributed by atoms with Crippen LogP contribution in [0.2, 0.25) is 0 Å². The van der Waals surface area contributed by atoms with Gasteiger partial charge in [-0.1, -0.05) is 61.9 Å². The van der Waals surface area contributed by atoms with Gasteiger partial charge in [-0.3, -0.25) is 0 Å². The van der Waals surface area contributed by atoms with Gasteiger partial charge >= 0.3 is 0 Å². The number of rotatable bonds is 8. The zero-order valence-electron chi connectivity index (χ0n) is 21.1. The zero-order valence-corrected chi connectivity index (χ0v) is 21.1. The summed E-state index contributed by atoms with van der Waals surface area (Å²) in [6.45, 7) is 4.62. The normalized spacial score (nSPS) is 18.0. The van der Waals surface area contributed by atoms with E-state index in [1.165, 1.54) is 30.3 Å². The second-order valence-electron chi connectivity index (χ2n) is 9.65. The molecule has 3 aromatic rings. The van der Waals surface area contributed by atoms with Gasteiger partial charge in [0.05, 0.1) is 6.10 Å². The molecule has 0 saturated carbocycles. The molecule has 1 saturated heterocycles. The molecule has 2 atom stereocenters. The Hall–Kier alpha value is -2.99. The second-order valence-corrected chi connectivity index (χ2v) is 9.65. The lowest BCUT2D eigenvalue weighted by Crippen LogP contribution is -2.26. The minimum absolute atomic E-state index is 0.00165. The molecule has 0 aromatic heterocycles. The van der Waals surface area contributed by atoms with Crippen molar-refractivity contribution in [1.29, 1.82) is 0 Å². The first-order valence-electron chi connectivity index (χ1n) is 12.8. The SMILES string of the molecule is CC=Cc1ccc(-c2ccc(-c3ccc(CCC4CCC(CCC)CO4)c(F)c3F)c(F)c2F)c(F)c1. The summed E-state index contributed by atoms with van der Waals surface area (Å²) in [6, 6.07) is 9.15. The van der Waals surface area contributed by atoms with Gasteiger partial charge in [-0.15, -0.1) is 0 Å². The number of allylic oxidation sites excluding steroid dienone is 1. The first-order chi connectivity index (χ1) is 17.8. The molecule has 0 spiro atoms. The highest BCUT2D eigenvalue weighted by molar-refractivity contribution is 5.73. The van der Waals surface area contributed by atoms with Gasteiger partial charge in [0, 0.05) is 28.9 Å². The van der Waals surface area contributed by atoms with Crippen molar-refractivity contribution in [2.75, 3.05) is 6.61 Å². The maximum atomic E-state index is 15.0. The van der Waals surface area contributed by atoms with Crippen molar-refractivity contribution < 1.29 is 26.7 Å². The van der Waals surface area contributed by atoms with Crippen molar-refractivity contribution >= 4 is 6.08 Å². The number of aryl methyl sites for hydroxylation is 1. The van der Waals surface area contributed by atoms with Gasteiger partial charge < -0.3 is 4.74 Å². The lowest BCUT2D eigenvalue weighted by atomic mass is 9.92. The summed E-state index contributed by atoms with van der Waals surface area (Å²) in [7, 11) is 0. The first-order valence-corrected chi connectivity index (χ1v) is 12.8. The fourth-order valence-electron chi connectivity index (χ4n) is 5.04. The molecule has 1 aliphatic heterocycles. The largest absolute Gasteiger partial charge is 0.378 e. The Balaban J connectivity index is 1.53. The maximum Gasteiger partial charge on any atom is 0.167 e. The van der Waals surface area contributed by atoms with Gasteiger partial charge in [-0.25, -0.2) is 22.0 Å². The lowest BCUT2D eigenvalue weighted by Gasteiger charge is -2.29. The second kappa shape index (κ2) is 12.0. The number of ether oxygens (including phenoxy) is 1. The molecule has 4 rings (SSSR count). The van der Waals surface area contributed by atoms with Gasteiger partial charge in [-0.05, 0) is 62.1 Å². The van der Waals surface area contributed by atoms with Gasteiger partial charge in [-0.2, -0.15) is 0 Å². The minimum atomic E-state index is -1.36. The average Bonchev–Trinajstić information content (AvgIpc) is 2.89. The quantitative estimate of drug-likeness (QED) is 0.272. The summed E-state index contributed by atoms with van der Waals surface area (Å²) < 4.78 is 80.4. The Bertz CT molecular complexity index is 1280. The molecule has 196 valence electrons. The molecule has 0 N–H and O–H groups in total. The molecular formula is C31H31F5O. The predicted octanol–water partition coefficient (Wildman–Crippen LogP) is 9.28. The molecule has 6 heteroatoms. The third kappa shape index (κ3) is 5.96. The van der Waals surface area contributed by atoms with E-state index in [0.717, 1.165) is 31.7 Å². The third-order valence-corrected chi connectivity index (χ3v) is 7.07. The van der Waals surface area contributed by atoms with Gasteiger partial charge in [0.2, 0.25) is 0 Å². The highest BCUT2D eigenvalue weighted by atomic mass is 19.2. The molecule has 2 unspecified atom stereocenters. The molecule has 1 heterocycles. The monoisotopic (exact) mass is 514 g/mol. The van der Waals surface area contributed by atoms with Crippen LogP contribution in [0.15, 0.2) is 48.5 Å². The van der Waals surface area contributed by atoms with E-state index in [1.54, 1.807) is 25.1 Å². The van der Waals surface area contributed by atoms with E-state index in [0.29, 0.717) is 24.5 Å². The van der Waals surface area contributed by atoms with Crippen molar-refractivity contribution in [1.82, 2.24) is 0 Å². The van der Waals surface area contributed by atoms with E-state index in [1.807, 2.05) is 0 Å². The Kier molecular flexibility index (Phi) is 8.80. The third-order valence-electron chi connectivity index (χ3n) is 7.07. The van der Waals surface area contributed by atoms with Crippen LogP contribution in [0, 0.1) is 35.0 Å². The van der Waals surface area contributed by atoms with Crippen molar-refractivity contribution in [2.45, 2.75) is 58.5 Å². The van der Waals surface area contributed by atoms with Crippen LogP contribution in [0.5, 0.6) is 0 Å². The van der Waals surface area contributed by atoms with Crippen LogP contribution in [-0.2, 0) is 11.2 Å².